The third-order valence-electron chi connectivity index (χ3n) is 6.01. The van der Waals surface area contributed by atoms with E-state index in [9.17, 15) is 18.0 Å². The molecule has 0 aromatic rings. The van der Waals surface area contributed by atoms with E-state index in [1.54, 1.807) is 0 Å². The number of esters is 2. The second-order valence-corrected chi connectivity index (χ2v) is 10.9. The molecule has 0 amide bonds. The number of carbonyl (C=O) groups excluding carboxylic acids is 2. The molecule has 0 saturated heterocycles. The molecule has 9 heteroatoms. The first-order valence-electron chi connectivity index (χ1n) is 13.8. The second-order valence-electron chi connectivity index (χ2n) is 9.30. The molecule has 1 atom stereocenters. The zero-order valence-corrected chi connectivity index (χ0v) is 23.0. The van der Waals surface area contributed by atoms with Crippen LogP contribution in [-0.4, -0.2) is 66.5 Å². The van der Waals surface area contributed by atoms with Crippen molar-refractivity contribution in [2.75, 3.05) is 6.61 Å². The number of hydrogen-bond acceptors (Lipinski definition) is 6. The Kier molecular flexibility index (Phi) is 27.5. The van der Waals surface area contributed by atoms with Crippen molar-refractivity contribution in [3.05, 3.63) is 12.2 Å². The van der Waals surface area contributed by atoms with Crippen LogP contribution in [0, 0.1) is 0 Å². The third kappa shape index (κ3) is 25.2. The molecular formula is C27H51NaO7S. The van der Waals surface area contributed by atoms with Gasteiger partial charge in [0.2, 0.25) is 5.44 Å². The summed E-state index contributed by atoms with van der Waals surface area (Å²) in [4.78, 5) is 23.1. The first-order chi connectivity index (χ1) is 16.8. The maximum absolute atomic E-state index is 11.6. The fraction of sp³-hybridized carbons (Fsp3) is 0.852. The van der Waals surface area contributed by atoms with E-state index in [2.05, 4.69) is 11.7 Å². The monoisotopic (exact) mass is 542 g/mol. The zero-order valence-electron chi connectivity index (χ0n) is 22.2. The minimum atomic E-state index is -4.48. The van der Waals surface area contributed by atoms with Crippen molar-refractivity contribution in [3.63, 3.8) is 0 Å². The van der Waals surface area contributed by atoms with Crippen LogP contribution in [0.2, 0.25) is 0 Å². The van der Waals surface area contributed by atoms with Gasteiger partial charge < -0.3 is 9.47 Å². The van der Waals surface area contributed by atoms with Crippen LogP contribution in [0.15, 0.2) is 12.2 Å². The summed E-state index contributed by atoms with van der Waals surface area (Å²) in [6.07, 6.45) is 24.8. The van der Waals surface area contributed by atoms with Gasteiger partial charge >= 0.3 is 51.6 Å². The van der Waals surface area contributed by atoms with Crippen molar-refractivity contribution in [1.82, 2.24) is 0 Å². The summed E-state index contributed by atoms with van der Waals surface area (Å²) in [5.41, 5.74) is -1.64. The molecule has 0 aliphatic rings. The van der Waals surface area contributed by atoms with Gasteiger partial charge in [-0.3, -0.25) is 4.55 Å². The van der Waals surface area contributed by atoms with E-state index in [4.69, 9.17) is 9.29 Å². The Hall–Kier alpha value is -0.410. The van der Waals surface area contributed by atoms with Crippen molar-refractivity contribution in [2.45, 2.75) is 141 Å². The number of hydrogen-bond donors (Lipinski definition) is 1. The summed E-state index contributed by atoms with van der Waals surface area (Å²) in [7, 11) is -4.48. The molecule has 208 valence electrons. The van der Waals surface area contributed by atoms with Crippen LogP contribution in [0.25, 0.3) is 0 Å². The van der Waals surface area contributed by atoms with Gasteiger partial charge in [0.1, 0.15) is 0 Å². The van der Waals surface area contributed by atoms with Crippen LogP contribution < -0.4 is 0 Å². The van der Waals surface area contributed by atoms with Crippen LogP contribution in [0.4, 0.5) is 0 Å². The SMILES string of the molecule is CCCCCCCCCCCCCCCCCCCCOC(=O)/C=C\C(=O)OC(CC)S(=O)(=O)O.[NaH]. The van der Waals surface area contributed by atoms with Crippen molar-refractivity contribution in [1.29, 1.82) is 0 Å². The predicted molar refractivity (Wildman–Crippen MR) is 148 cm³/mol. The van der Waals surface area contributed by atoms with Gasteiger partial charge in [-0.15, -0.1) is 0 Å². The predicted octanol–water partition coefficient (Wildman–Crippen LogP) is 6.65. The molecule has 0 fully saturated rings. The van der Waals surface area contributed by atoms with Gasteiger partial charge in [-0.2, -0.15) is 8.42 Å². The van der Waals surface area contributed by atoms with E-state index in [1.807, 2.05) is 0 Å². The van der Waals surface area contributed by atoms with Gasteiger partial charge in [0.05, 0.1) is 6.61 Å². The summed E-state index contributed by atoms with van der Waals surface area (Å²) < 4.78 is 40.5. The molecule has 1 N–H and O–H groups in total. The summed E-state index contributed by atoms with van der Waals surface area (Å²) in [6, 6.07) is 0. The first kappa shape index (κ1) is 37.7. The fourth-order valence-electron chi connectivity index (χ4n) is 3.88. The van der Waals surface area contributed by atoms with Crippen molar-refractivity contribution < 1.29 is 32.0 Å². The van der Waals surface area contributed by atoms with Crippen molar-refractivity contribution in [3.8, 4) is 0 Å². The fourth-order valence-corrected chi connectivity index (χ4v) is 4.52. The molecule has 0 aliphatic carbocycles. The van der Waals surface area contributed by atoms with E-state index in [1.165, 1.54) is 103 Å². The Labute approximate surface area is 242 Å². The number of unbranched alkanes of at least 4 members (excludes halogenated alkanes) is 17. The molecule has 0 radical (unpaired) electrons. The van der Waals surface area contributed by atoms with Crippen LogP contribution in [0.1, 0.15) is 136 Å². The second kappa shape index (κ2) is 26.2. The summed E-state index contributed by atoms with van der Waals surface area (Å²) in [5.74, 6) is -1.71. The summed E-state index contributed by atoms with van der Waals surface area (Å²) in [6.45, 7) is 3.99. The Morgan fingerprint density at radius 1 is 0.667 bits per heavy atom. The van der Waals surface area contributed by atoms with E-state index in [0.717, 1.165) is 31.4 Å². The standard InChI is InChI=1S/C27H50O7S.Na.H/c1-3-5-6-7-8-9-10-11-12-13-14-15-16-17-18-19-20-21-24-33-25(28)22-23-26(29)34-27(4-2)35(30,31)32;;/h22-23,27H,3-21,24H2,1-2H3,(H,30,31,32);;/b23-22-;;. The van der Waals surface area contributed by atoms with Gasteiger partial charge in [-0.05, 0) is 12.8 Å². The zero-order chi connectivity index (χ0) is 26.2. The quantitative estimate of drug-likeness (QED) is 0.0478. The molecule has 1 unspecified atom stereocenters. The summed E-state index contributed by atoms with van der Waals surface area (Å²) >= 11 is 0. The molecule has 0 aromatic heterocycles. The molecule has 0 bridgehead atoms. The maximum atomic E-state index is 11.6. The molecule has 0 heterocycles. The molecule has 0 spiro atoms. The molecule has 0 aromatic carbocycles. The van der Waals surface area contributed by atoms with Gasteiger partial charge in [0.25, 0.3) is 0 Å². The van der Waals surface area contributed by atoms with Crippen LogP contribution in [0.3, 0.4) is 0 Å². The van der Waals surface area contributed by atoms with Crippen molar-refractivity contribution in [2.24, 2.45) is 0 Å². The molecule has 0 rings (SSSR count). The van der Waals surface area contributed by atoms with Gasteiger partial charge in [-0.1, -0.05) is 123 Å². The van der Waals surface area contributed by atoms with Gasteiger partial charge in [0, 0.05) is 12.2 Å². The van der Waals surface area contributed by atoms with E-state index in [-0.39, 0.29) is 42.6 Å². The topological polar surface area (TPSA) is 107 Å². The normalized spacial score (nSPS) is 12.3. The Morgan fingerprint density at radius 3 is 1.39 bits per heavy atom. The minimum absolute atomic E-state index is 0. The Balaban J connectivity index is 0. The average molecular weight is 543 g/mol. The Morgan fingerprint density at radius 2 is 1.03 bits per heavy atom. The number of rotatable bonds is 24. The van der Waals surface area contributed by atoms with Crippen LogP contribution in [0.5, 0.6) is 0 Å². The number of carbonyl (C=O) groups is 2. The molecular weight excluding hydrogens is 491 g/mol. The molecule has 0 aliphatic heterocycles. The van der Waals surface area contributed by atoms with Crippen LogP contribution >= 0.6 is 0 Å². The number of ether oxygens (including phenoxy) is 2. The van der Waals surface area contributed by atoms with Crippen LogP contribution in [-0.2, 0) is 29.2 Å². The van der Waals surface area contributed by atoms with E-state index in [0.29, 0.717) is 0 Å². The van der Waals surface area contributed by atoms with Crippen molar-refractivity contribution >= 4 is 51.6 Å². The van der Waals surface area contributed by atoms with Gasteiger partial charge in [-0.25, -0.2) is 9.59 Å². The third-order valence-corrected chi connectivity index (χ3v) is 7.10. The molecule has 7 nitrogen and oxygen atoms in total. The first-order valence-corrected chi connectivity index (χ1v) is 15.3. The van der Waals surface area contributed by atoms with Gasteiger partial charge in [0.15, 0.2) is 0 Å². The molecule has 36 heavy (non-hydrogen) atoms. The van der Waals surface area contributed by atoms with E-state index >= 15 is 0 Å². The average Bonchev–Trinajstić information content (AvgIpc) is 2.81. The summed E-state index contributed by atoms with van der Waals surface area (Å²) in [5, 5.41) is 0. The Bertz CT molecular complexity index is 665. The van der Waals surface area contributed by atoms with E-state index < -0.39 is 27.5 Å². The molecule has 0 saturated carbocycles.